The van der Waals surface area contributed by atoms with E-state index >= 15 is 0 Å². The lowest BCUT2D eigenvalue weighted by Crippen LogP contribution is -2.38. The fourth-order valence-corrected chi connectivity index (χ4v) is 5.16. The topological polar surface area (TPSA) is 81.5 Å². The third kappa shape index (κ3) is 5.13. The normalized spacial score (nSPS) is 17.7. The summed E-state index contributed by atoms with van der Waals surface area (Å²) in [6.45, 7) is 6.98. The summed E-state index contributed by atoms with van der Waals surface area (Å²) in [4.78, 5) is 31.3. The van der Waals surface area contributed by atoms with E-state index in [0.29, 0.717) is 49.8 Å². The van der Waals surface area contributed by atoms with Crippen LogP contribution in [0.4, 0.5) is 4.39 Å². The summed E-state index contributed by atoms with van der Waals surface area (Å²) in [6, 6.07) is 8.54. The van der Waals surface area contributed by atoms with Crippen LogP contribution in [0.2, 0.25) is 0 Å². The Morgan fingerprint density at radius 2 is 1.84 bits per heavy atom. The molecule has 2 aliphatic rings. The second-order valence-corrected chi connectivity index (χ2v) is 9.64. The van der Waals surface area contributed by atoms with Gasteiger partial charge in [0.15, 0.2) is 16.9 Å². The van der Waals surface area contributed by atoms with Crippen LogP contribution < -0.4 is 14.9 Å². The average Bonchev–Trinajstić information content (AvgIpc) is 3.21. The first-order chi connectivity index (χ1) is 18.5. The molecule has 1 saturated heterocycles. The van der Waals surface area contributed by atoms with Gasteiger partial charge in [0.25, 0.3) is 5.91 Å². The molecule has 8 nitrogen and oxygen atoms in total. The van der Waals surface area contributed by atoms with Crippen molar-refractivity contribution < 1.29 is 27.8 Å². The zero-order valence-electron chi connectivity index (χ0n) is 21.8. The van der Waals surface area contributed by atoms with Crippen LogP contribution in [0.15, 0.2) is 45.6 Å². The predicted molar refractivity (Wildman–Crippen MR) is 141 cm³/mol. The molecule has 5 rings (SSSR count). The first-order valence-electron chi connectivity index (χ1n) is 13.2. The van der Waals surface area contributed by atoms with Gasteiger partial charge in [-0.05, 0) is 48.7 Å². The molecule has 3 aromatic rings. The molecule has 1 fully saturated rings. The number of amides is 1. The van der Waals surface area contributed by atoms with Crippen molar-refractivity contribution in [2.45, 2.75) is 32.2 Å². The Kier molecular flexibility index (Phi) is 7.95. The molecule has 0 saturated carbocycles. The summed E-state index contributed by atoms with van der Waals surface area (Å²) < 4.78 is 36.9. The number of carbonyl (C=O) groups excluding carboxylic acids is 1. The lowest BCUT2D eigenvalue weighted by Gasteiger charge is -2.29. The highest BCUT2D eigenvalue weighted by molar-refractivity contribution is 5.99. The molecule has 1 amide bonds. The van der Waals surface area contributed by atoms with E-state index in [-0.39, 0.29) is 28.2 Å². The van der Waals surface area contributed by atoms with Gasteiger partial charge in [-0.25, -0.2) is 4.39 Å². The van der Waals surface area contributed by atoms with Crippen LogP contribution in [-0.4, -0.2) is 68.8 Å². The van der Waals surface area contributed by atoms with E-state index in [1.54, 1.807) is 24.1 Å². The fourth-order valence-electron chi connectivity index (χ4n) is 5.16. The van der Waals surface area contributed by atoms with Crippen LogP contribution in [0.3, 0.4) is 0 Å². The van der Waals surface area contributed by atoms with Crippen molar-refractivity contribution in [3.63, 3.8) is 0 Å². The molecule has 3 heterocycles. The summed E-state index contributed by atoms with van der Waals surface area (Å²) in [7, 11) is 1.56. The Morgan fingerprint density at radius 3 is 2.61 bits per heavy atom. The van der Waals surface area contributed by atoms with Gasteiger partial charge >= 0.3 is 0 Å². The lowest BCUT2D eigenvalue weighted by molar-refractivity contribution is 0.0353. The molecule has 38 heavy (non-hydrogen) atoms. The number of unbranched alkanes of at least 4 members (excludes halogenated alkanes) is 1. The van der Waals surface area contributed by atoms with Crippen LogP contribution in [0.5, 0.6) is 11.5 Å². The molecule has 2 aliphatic heterocycles. The Morgan fingerprint density at radius 1 is 1.03 bits per heavy atom. The minimum absolute atomic E-state index is 0.00715. The number of fused-ring (bicyclic) bond motifs is 2. The molecule has 1 atom stereocenters. The standard InChI is InChI=1S/C29H33FN2O6/c1-3-4-14-37-23-8-6-19(17-24(23)35-2)26-25-27(33)21-18-20(30)7-9-22(21)38-28(25)29(34)32(26)11-5-10-31-12-15-36-16-13-31/h6-9,17-18,26H,3-5,10-16H2,1-2H3. The van der Waals surface area contributed by atoms with Crippen LogP contribution in [-0.2, 0) is 4.74 Å². The van der Waals surface area contributed by atoms with Gasteiger partial charge in [-0.3, -0.25) is 14.5 Å². The molecular formula is C29H33FN2O6. The van der Waals surface area contributed by atoms with Crippen molar-refractivity contribution in [1.82, 2.24) is 9.80 Å². The zero-order valence-corrected chi connectivity index (χ0v) is 21.8. The Bertz CT molecular complexity index is 1370. The molecule has 0 aliphatic carbocycles. The first kappa shape index (κ1) is 26.2. The van der Waals surface area contributed by atoms with Gasteiger partial charge in [0.2, 0.25) is 5.76 Å². The number of morpholine rings is 1. The second kappa shape index (κ2) is 11.5. The van der Waals surface area contributed by atoms with Crippen LogP contribution in [0, 0.1) is 5.82 Å². The molecule has 0 N–H and O–H groups in total. The molecule has 0 bridgehead atoms. The minimum atomic E-state index is -0.690. The maximum atomic E-state index is 14.1. The summed E-state index contributed by atoms with van der Waals surface area (Å²) in [5, 5.41) is 0.114. The molecule has 1 unspecified atom stereocenters. The molecule has 202 valence electrons. The van der Waals surface area contributed by atoms with Crippen molar-refractivity contribution in [1.29, 1.82) is 0 Å². The van der Waals surface area contributed by atoms with E-state index in [1.807, 2.05) is 6.07 Å². The summed E-state index contributed by atoms with van der Waals surface area (Å²) in [5.74, 6) is 0.234. The molecule has 1 aromatic heterocycles. The van der Waals surface area contributed by atoms with Gasteiger partial charge in [-0.2, -0.15) is 0 Å². The van der Waals surface area contributed by atoms with E-state index < -0.39 is 17.3 Å². The Balaban J connectivity index is 1.53. The quantitative estimate of drug-likeness (QED) is 0.364. The predicted octanol–water partition coefficient (Wildman–Crippen LogP) is 4.39. The number of nitrogens with zero attached hydrogens (tertiary/aromatic N) is 2. The number of rotatable bonds is 10. The summed E-state index contributed by atoms with van der Waals surface area (Å²) in [6.07, 6.45) is 2.63. The number of hydrogen-bond donors (Lipinski definition) is 0. The zero-order chi connectivity index (χ0) is 26.6. The van der Waals surface area contributed by atoms with Gasteiger partial charge in [0.1, 0.15) is 11.4 Å². The number of methoxy groups -OCH3 is 1. The molecule has 0 spiro atoms. The third-order valence-corrected chi connectivity index (χ3v) is 7.16. The van der Waals surface area contributed by atoms with Crippen molar-refractivity contribution in [3.8, 4) is 11.5 Å². The maximum absolute atomic E-state index is 14.1. The SMILES string of the molecule is CCCCOc1ccc(C2c3c(oc4ccc(F)cc4c3=O)C(=O)N2CCCN2CCOCC2)cc1OC. The van der Waals surface area contributed by atoms with Crippen molar-refractivity contribution in [3.05, 3.63) is 69.3 Å². The van der Waals surface area contributed by atoms with Gasteiger partial charge < -0.3 is 23.5 Å². The largest absolute Gasteiger partial charge is 0.493 e. The van der Waals surface area contributed by atoms with Crippen LogP contribution in [0.25, 0.3) is 11.0 Å². The number of carbonyl (C=O) groups is 1. The minimum Gasteiger partial charge on any atom is -0.493 e. The van der Waals surface area contributed by atoms with Gasteiger partial charge in [-0.1, -0.05) is 19.4 Å². The average molecular weight is 525 g/mol. The van der Waals surface area contributed by atoms with Crippen molar-refractivity contribution >= 4 is 16.9 Å². The smallest absolute Gasteiger partial charge is 0.290 e. The Hall–Kier alpha value is -3.43. The number of hydrogen-bond acceptors (Lipinski definition) is 7. The van der Waals surface area contributed by atoms with Gasteiger partial charge in [0, 0.05) is 26.2 Å². The number of ether oxygens (including phenoxy) is 3. The van der Waals surface area contributed by atoms with Crippen molar-refractivity contribution in [2.24, 2.45) is 0 Å². The lowest BCUT2D eigenvalue weighted by atomic mass is 9.98. The summed E-state index contributed by atoms with van der Waals surface area (Å²) in [5.41, 5.74) is 0.707. The van der Waals surface area contributed by atoms with Crippen LogP contribution in [0.1, 0.15) is 53.9 Å². The first-order valence-corrected chi connectivity index (χ1v) is 13.2. The molecule has 2 aromatic carbocycles. The Labute approximate surface area is 220 Å². The van der Waals surface area contributed by atoms with E-state index in [4.69, 9.17) is 18.6 Å². The fraction of sp³-hybridized carbons (Fsp3) is 0.448. The van der Waals surface area contributed by atoms with Gasteiger partial charge in [-0.15, -0.1) is 0 Å². The molecule has 9 heteroatoms. The van der Waals surface area contributed by atoms with E-state index in [2.05, 4.69) is 11.8 Å². The highest BCUT2D eigenvalue weighted by Gasteiger charge is 2.42. The molecule has 0 radical (unpaired) electrons. The van der Waals surface area contributed by atoms with Crippen molar-refractivity contribution in [2.75, 3.05) is 53.1 Å². The van der Waals surface area contributed by atoms with E-state index in [9.17, 15) is 14.0 Å². The number of benzene rings is 2. The third-order valence-electron chi connectivity index (χ3n) is 7.16. The summed E-state index contributed by atoms with van der Waals surface area (Å²) >= 11 is 0. The van der Waals surface area contributed by atoms with Gasteiger partial charge in [0.05, 0.1) is 43.9 Å². The van der Waals surface area contributed by atoms with E-state index in [0.717, 1.165) is 38.5 Å². The molecular weight excluding hydrogens is 491 g/mol. The van der Waals surface area contributed by atoms with E-state index in [1.165, 1.54) is 12.1 Å². The highest BCUT2D eigenvalue weighted by atomic mass is 19.1. The maximum Gasteiger partial charge on any atom is 0.290 e. The second-order valence-electron chi connectivity index (χ2n) is 9.64. The number of halogens is 1. The monoisotopic (exact) mass is 524 g/mol. The van der Waals surface area contributed by atoms with Crippen LogP contribution >= 0.6 is 0 Å². The highest BCUT2D eigenvalue weighted by Crippen LogP contribution is 2.41.